The first-order chi connectivity index (χ1) is 7.54. The van der Waals surface area contributed by atoms with Crippen molar-refractivity contribution in [2.75, 3.05) is 0 Å². The molecule has 2 nitrogen and oxygen atoms in total. The minimum Gasteiger partial charge on any atom is -0.459 e. The van der Waals surface area contributed by atoms with Crippen molar-refractivity contribution >= 4 is 5.97 Å². The van der Waals surface area contributed by atoms with Gasteiger partial charge in [-0.3, -0.25) is 0 Å². The van der Waals surface area contributed by atoms with Gasteiger partial charge in [0.2, 0.25) is 0 Å². The fourth-order valence-electron chi connectivity index (χ4n) is 1.75. The Hall–Kier alpha value is -1.31. The highest BCUT2D eigenvalue weighted by molar-refractivity contribution is 5.91. The first kappa shape index (κ1) is 12.8. The normalized spacial score (nSPS) is 12.2. The summed E-state index contributed by atoms with van der Waals surface area (Å²) in [5, 5.41) is 0. The molecular formula is C14H20O2. The van der Waals surface area contributed by atoms with Crippen LogP contribution in [0.25, 0.3) is 0 Å². The molecule has 0 heterocycles. The zero-order valence-corrected chi connectivity index (χ0v) is 10.5. The van der Waals surface area contributed by atoms with Crippen LogP contribution in [0.3, 0.4) is 0 Å². The average Bonchev–Trinajstić information content (AvgIpc) is 2.17. The van der Waals surface area contributed by atoms with E-state index in [0.717, 1.165) is 24.0 Å². The number of carbonyl (C=O) groups excluding carboxylic acids is 1. The maximum absolute atomic E-state index is 11.8. The lowest BCUT2D eigenvalue weighted by Gasteiger charge is -2.13. The Labute approximate surface area is 97.6 Å². The Morgan fingerprint density at radius 3 is 2.62 bits per heavy atom. The SMILES string of the molecule is CCCC(C)OC(=O)c1ccc(C)cc1C. The number of hydrogen-bond acceptors (Lipinski definition) is 2. The molecule has 0 aliphatic rings. The largest absolute Gasteiger partial charge is 0.459 e. The molecular weight excluding hydrogens is 200 g/mol. The van der Waals surface area contributed by atoms with E-state index in [1.807, 2.05) is 39.0 Å². The van der Waals surface area contributed by atoms with Gasteiger partial charge in [-0.2, -0.15) is 0 Å². The van der Waals surface area contributed by atoms with Crippen molar-refractivity contribution in [1.82, 2.24) is 0 Å². The monoisotopic (exact) mass is 220 g/mol. The molecule has 0 spiro atoms. The summed E-state index contributed by atoms with van der Waals surface area (Å²) in [5.74, 6) is -0.210. The van der Waals surface area contributed by atoms with Crippen molar-refractivity contribution in [2.24, 2.45) is 0 Å². The molecule has 1 unspecified atom stereocenters. The van der Waals surface area contributed by atoms with Gasteiger partial charge < -0.3 is 4.74 Å². The van der Waals surface area contributed by atoms with Gasteiger partial charge in [-0.15, -0.1) is 0 Å². The predicted octanol–water partition coefficient (Wildman–Crippen LogP) is 3.65. The molecule has 0 fully saturated rings. The maximum Gasteiger partial charge on any atom is 0.338 e. The summed E-state index contributed by atoms with van der Waals surface area (Å²) in [6.45, 7) is 7.97. The number of aryl methyl sites for hydroxylation is 2. The topological polar surface area (TPSA) is 26.3 Å². The van der Waals surface area contributed by atoms with Crippen LogP contribution >= 0.6 is 0 Å². The number of esters is 1. The van der Waals surface area contributed by atoms with Crippen LogP contribution in [-0.4, -0.2) is 12.1 Å². The molecule has 0 bridgehead atoms. The van der Waals surface area contributed by atoms with Crippen molar-refractivity contribution < 1.29 is 9.53 Å². The second kappa shape index (κ2) is 5.69. The summed E-state index contributed by atoms with van der Waals surface area (Å²) in [7, 11) is 0. The van der Waals surface area contributed by atoms with Crippen LogP contribution in [0, 0.1) is 13.8 Å². The van der Waals surface area contributed by atoms with E-state index in [0.29, 0.717) is 5.56 Å². The van der Waals surface area contributed by atoms with Crippen LogP contribution in [0.5, 0.6) is 0 Å². The summed E-state index contributed by atoms with van der Waals surface area (Å²) >= 11 is 0. The van der Waals surface area contributed by atoms with E-state index in [1.165, 1.54) is 0 Å². The first-order valence-electron chi connectivity index (χ1n) is 5.82. The molecule has 88 valence electrons. The third kappa shape index (κ3) is 3.37. The molecule has 0 aliphatic heterocycles. The zero-order chi connectivity index (χ0) is 12.1. The van der Waals surface area contributed by atoms with Gasteiger partial charge in [0.1, 0.15) is 0 Å². The second-order valence-electron chi connectivity index (χ2n) is 4.32. The van der Waals surface area contributed by atoms with Crippen molar-refractivity contribution in [2.45, 2.75) is 46.6 Å². The highest BCUT2D eigenvalue weighted by atomic mass is 16.5. The third-order valence-electron chi connectivity index (χ3n) is 2.61. The number of carbonyl (C=O) groups is 1. The van der Waals surface area contributed by atoms with Crippen LogP contribution in [-0.2, 0) is 4.74 Å². The standard InChI is InChI=1S/C14H20O2/c1-5-6-12(4)16-14(15)13-8-7-10(2)9-11(13)3/h7-9,12H,5-6H2,1-4H3. The van der Waals surface area contributed by atoms with Crippen molar-refractivity contribution in [3.8, 4) is 0 Å². The molecule has 1 atom stereocenters. The number of benzene rings is 1. The van der Waals surface area contributed by atoms with Gasteiger partial charge in [0.25, 0.3) is 0 Å². The average molecular weight is 220 g/mol. The lowest BCUT2D eigenvalue weighted by Crippen LogP contribution is -2.15. The minimum absolute atomic E-state index is 0.00166. The maximum atomic E-state index is 11.8. The summed E-state index contributed by atoms with van der Waals surface area (Å²) < 4.78 is 5.36. The van der Waals surface area contributed by atoms with Gasteiger partial charge >= 0.3 is 5.97 Å². The van der Waals surface area contributed by atoms with E-state index in [9.17, 15) is 4.79 Å². The van der Waals surface area contributed by atoms with Crippen LogP contribution < -0.4 is 0 Å². The number of rotatable bonds is 4. The fourth-order valence-corrected chi connectivity index (χ4v) is 1.75. The van der Waals surface area contributed by atoms with E-state index < -0.39 is 0 Å². The minimum atomic E-state index is -0.210. The number of ether oxygens (including phenoxy) is 1. The Bertz CT molecular complexity index is 369. The Balaban J connectivity index is 2.73. The van der Waals surface area contributed by atoms with Gasteiger partial charge in [0.05, 0.1) is 11.7 Å². The Kier molecular flexibility index (Phi) is 4.53. The molecule has 0 saturated carbocycles. The van der Waals surface area contributed by atoms with Gasteiger partial charge in [0, 0.05) is 0 Å². The zero-order valence-electron chi connectivity index (χ0n) is 10.5. The summed E-state index contributed by atoms with van der Waals surface area (Å²) in [5.41, 5.74) is 2.82. The highest BCUT2D eigenvalue weighted by Gasteiger charge is 2.13. The molecule has 0 radical (unpaired) electrons. The molecule has 0 N–H and O–H groups in total. The first-order valence-corrected chi connectivity index (χ1v) is 5.82. The second-order valence-corrected chi connectivity index (χ2v) is 4.32. The van der Waals surface area contributed by atoms with Crippen molar-refractivity contribution in [3.05, 3.63) is 34.9 Å². The smallest absolute Gasteiger partial charge is 0.338 e. The van der Waals surface area contributed by atoms with E-state index >= 15 is 0 Å². The van der Waals surface area contributed by atoms with Gasteiger partial charge in [0.15, 0.2) is 0 Å². The van der Waals surface area contributed by atoms with Crippen molar-refractivity contribution in [1.29, 1.82) is 0 Å². The highest BCUT2D eigenvalue weighted by Crippen LogP contribution is 2.13. The Morgan fingerprint density at radius 1 is 1.38 bits per heavy atom. The van der Waals surface area contributed by atoms with E-state index in [4.69, 9.17) is 4.74 Å². The van der Waals surface area contributed by atoms with Crippen LogP contribution in [0.2, 0.25) is 0 Å². The molecule has 16 heavy (non-hydrogen) atoms. The Morgan fingerprint density at radius 2 is 2.06 bits per heavy atom. The van der Waals surface area contributed by atoms with Crippen LogP contribution in [0.15, 0.2) is 18.2 Å². The molecule has 0 aromatic heterocycles. The summed E-state index contributed by atoms with van der Waals surface area (Å²) in [6, 6.07) is 5.78. The van der Waals surface area contributed by atoms with Crippen LogP contribution in [0.4, 0.5) is 0 Å². The van der Waals surface area contributed by atoms with Crippen LogP contribution in [0.1, 0.15) is 48.2 Å². The molecule has 1 aromatic carbocycles. The van der Waals surface area contributed by atoms with E-state index in [-0.39, 0.29) is 12.1 Å². The molecule has 1 aromatic rings. The molecule has 0 aliphatic carbocycles. The number of hydrogen-bond donors (Lipinski definition) is 0. The van der Waals surface area contributed by atoms with Gasteiger partial charge in [-0.05, 0) is 38.8 Å². The molecule has 2 heteroatoms. The summed E-state index contributed by atoms with van der Waals surface area (Å²) in [6.07, 6.45) is 1.94. The van der Waals surface area contributed by atoms with Crippen molar-refractivity contribution in [3.63, 3.8) is 0 Å². The lowest BCUT2D eigenvalue weighted by molar-refractivity contribution is 0.0322. The quantitative estimate of drug-likeness (QED) is 0.724. The van der Waals surface area contributed by atoms with Gasteiger partial charge in [-0.25, -0.2) is 4.79 Å². The fraction of sp³-hybridized carbons (Fsp3) is 0.500. The molecule has 0 amide bonds. The predicted molar refractivity (Wildman–Crippen MR) is 65.7 cm³/mol. The van der Waals surface area contributed by atoms with Gasteiger partial charge in [-0.1, -0.05) is 31.0 Å². The molecule has 0 saturated heterocycles. The van der Waals surface area contributed by atoms with E-state index in [2.05, 4.69) is 6.92 Å². The van der Waals surface area contributed by atoms with E-state index in [1.54, 1.807) is 0 Å². The lowest BCUT2D eigenvalue weighted by atomic mass is 10.1. The summed E-state index contributed by atoms with van der Waals surface area (Å²) in [4.78, 5) is 11.8. The molecule has 1 rings (SSSR count). The third-order valence-corrected chi connectivity index (χ3v) is 2.61.